The Morgan fingerprint density at radius 1 is 1.03 bits per heavy atom. The highest BCUT2D eigenvalue weighted by Crippen LogP contribution is 2.32. The van der Waals surface area contributed by atoms with Crippen LogP contribution in [-0.2, 0) is 11.6 Å². The number of hydrogen-bond acceptors (Lipinski definition) is 6. The average molecular weight is 472 g/mol. The van der Waals surface area contributed by atoms with Gasteiger partial charge in [-0.05, 0) is 19.4 Å². The van der Waals surface area contributed by atoms with Crippen LogP contribution in [0.25, 0.3) is 0 Å². The second kappa shape index (κ2) is 10.9. The van der Waals surface area contributed by atoms with Crippen LogP contribution in [0.5, 0.6) is 0 Å². The molecule has 3 heterocycles. The Bertz CT molecular complexity index is 751. The molecule has 1 aromatic heterocycles. The van der Waals surface area contributed by atoms with Gasteiger partial charge >= 0.3 is 12.2 Å². The van der Waals surface area contributed by atoms with Crippen molar-refractivity contribution in [2.75, 3.05) is 70.3 Å². The second-order valence-corrected chi connectivity index (χ2v) is 9.69. The van der Waals surface area contributed by atoms with Crippen molar-refractivity contribution in [2.24, 2.45) is 0 Å². The van der Waals surface area contributed by atoms with Crippen molar-refractivity contribution in [3.63, 3.8) is 0 Å². The Kier molecular flexibility index (Phi) is 8.38. The molecule has 1 aromatic rings. The molecule has 2 saturated heterocycles. The summed E-state index contributed by atoms with van der Waals surface area (Å²) in [7, 11) is 0. The van der Waals surface area contributed by atoms with E-state index in [1.165, 1.54) is 0 Å². The van der Waals surface area contributed by atoms with Crippen LogP contribution in [0.3, 0.4) is 0 Å². The summed E-state index contributed by atoms with van der Waals surface area (Å²) >= 11 is 0. The zero-order valence-corrected chi connectivity index (χ0v) is 19.8. The number of carbonyl (C=O) groups excluding carboxylic acids is 1. The third kappa shape index (κ3) is 7.43. The first-order valence-corrected chi connectivity index (χ1v) is 11.7. The predicted molar refractivity (Wildman–Crippen MR) is 121 cm³/mol. The molecule has 0 aromatic carbocycles. The maximum atomic E-state index is 13.4. The van der Waals surface area contributed by atoms with Crippen LogP contribution in [0, 0.1) is 0 Å². The predicted octanol–water partition coefficient (Wildman–Crippen LogP) is 2.31. The second-order valence-electron chi connectivity index (χ2n) is 9.69. The van der Waals surface area contributed by atoms with E-state index in [4.69, 9.17) is 0 Å². The normalized spacial score (nSPS) is 18.5. The number of hydrogen-bond donors (Lipinski definition) is 2. The number of unbranched alkanes of at least 4 members (excludes halogenated alkanes) is 1. The molecular formula is C22H36F3N7O. The molecule has 0 atom stereocenters. The number of nitrogens with zero attached hydrogens (tertiary/aromatic N) is 5. The molecule has 2 fully saturated rings. The monoisotopic (exact) mass is 471 g/mol. The lowest BCUT2D eigenvalue weighted by atomic mass is 9.95. The SMILES string of the molecule is CC(C)(C)c1nc(N2CCN(CCCCNC(=O)N3CCNCC3)CC2)cc(C(F)(F)F)n1. The van der Waals surface area contributed by atoms with Gasteiger partial charge in [-0.15, -0.1) is 0 Å². The lowest BCUT2D eigenvalue weighted by molar-refractivity contribution is -0.141. The smallest absolute Gasteiger partial charge is 0.354 e. The number of anilines is 1. The Morgan fingerprint density at radius 3 is 2.30 bits per heavy atom. The number of amides is 2. The molecule has 0 bridgehead atoms. The van der Waals surface area contributed by atoms with E-state index in [1.54, 1.807) is 0 Å². The van der Waals surface area contributed by atoms with E-state index in [2.05, 4.69) is 25.5 Å². The summed E-state index contributed by atoms with van der Waals surface area (Å²) in [5.41, 5.74) is -1.46. The summed E-state index contributed by atoms with van der Waals surface area (Å²) in [6.45, 7) is 12.9. The van der Waals surface area contributed by atoms with Gasteiger partial charge in [-0.1, -0.05) is 20.8 Å². The summed E-state index contributed by atoms with van der Waals surface area (Å²) < 4.78 is 40.1. The third-order valence-electron chi connectivity index (χ3n) is 5.95. The molecule has 11 heteroatoms. The Labute approximate surface area is 193 Å². The van der Waals surface area contributed by atoms with E-state index >= 15 is 0 Å². The zero-order valence-electron chi connectivity index (χ0n) is 19.8. The highest BCUT2D eigenvalue weighted by atomic mass is 19.4. The van der Waals surface area contributed by atoms with E-state index in [0.29, 0.717) is 25.5 Å². The molecule has 2 aliphatic rings. The first-order chi connectivity index (χ1) is 15.5. The van der Waals surface area contributed by atoms with Gasteiger partial charge in [0.05, 0.1) is 0 Å². The fourth-order valence-electron chi connectivity index (χ4n) is 3.91. The number of halogens is 3. The van der Waals surface area contributed by atoms with Crippen molar-refractivity contribution >= 4 is 11.8 Å². The van der Waals surface area contributed by atoms with E-state index in [-0.39, 0.29) is 11.9 Å². The van der Waals surface area contributed by atoms with Gasteiger partial charge in [0.1, 0.15) is 17.3 Å². The molecule has 186 valence electrons. The molecule has 2 aliphatic heterocycles. The number of urea groups is 1. The van der Waals surface area contributed by atoms with Crippen molar-refractivity contribution in [3.05, 3.63) is 17.6 Å². The minimum atomic E-state index is -4.50. The summed E-state index contributed by atoms with van der Waals surface area (Å²) in [5.74, 6) is 0.551. The van der Waals surface area contributed by atoms with Gasteiger partial charge in [0.15, 0.2) is 0 Å². The Hall–Kier alpha value is -2.14. The van der Waals surface area contributed by atoms with Crippen molar-refractivity contribution in [3.8, 4) is 0 Å². The summed E-state index contributed by atoms with van der Waals surface area (Å²) in [6.07, 6.45) is -2.64. The van der Waals surface area contributed by atoms with Crippen molar-refractivity contribution in [1.82, 2.24) is 30.4 Å². The molecular weight excluding hydrogens is 435 g/mol. The number of piperazine rings is 2. The first-order valence-electron chi connectivity index (χ1n) is 11.7. The van der Waals surface area contributed by atoms with Gasteiger partial charge in [-0.3, -0.25) is 4.90 Å². The van der Waals surface area contributed by atoms with Crippen LogP contribution < -0.4 is 15.5 Å². The van der Waals surface area contributed by atoms with Crippen LogP contribution in [0.15, 0.2) is 6.07 Å². The summed E-state index contributed by atoms with van der Waals surface area (Å²) in [4.78, 5) is 26.4. The van der Waals surface area contributed by atoms with Crippen LogP contribution in [-0.4, -0.2) is 91.2 Å². The van der Waals surface area contributed by atoms with Crippen LogP contribution in [0.4, 0.5) is 23.8 Å². The minimum Gasteiger partial charge on any atom is -0.354 e. The van der Waals surface area contributed by atoms with Gasteiger partial charge in [-0.2, -0.15) is 13.2 Å². The lowest BCUT2D eigenvalue weighted by Gasteiger charge is -2.36. The zero-order chi connectivity index (χ0) is 24.1. The van der Waals surface area contributed by atoms with Gasteiger partial charge in [0, 0.05) is 70.4 Å². The molecule has 8 nitrogen and oxygen atoms in total. The Balaban J connectivity index is 1.43. The van der Waals surface area contributed by atoms with Gasteiger partial charge in [0.2, 0.25) is 0 Å². The molecule has 0 saturated carbocycles. The lowest BCUT2D eigenvalue weighted by Crippen LogP contribution is -2.50. The molecule has 2 amide bonds. The van der Waals surface area contributed by atoms with E-state index in [1.807, 2.05) is 30.6 Å². The average Bonchev–Trinajstić information content (AvgIpc) is 2.78. The van der Waals surface area contributed by atoms with Crippen LogP contribution in [0.2, 0.25) is 0 Å². The molecule has 3 rings (SSSR count). The number of aromatic nitrogens is 2. The van der Waals surface area contributed by atoms with Gasteiger partial charge < -0.3 is 20.4 Å². The Morgan fingerprint density at radius 2 is 1.70 bits per heavy atom. The molecule has 0 unspecified atom stereocenters. The van der Waals surface area contributed by atoms with Crippen LogP contribution in [0.1, 0.15) is 45.1 Å². The topological polar surface area (TPSA) is 76.6 Å². The van der Waals surface area contributed by atoms with Crippen LogP contribution >= 0.6 is 0 Å². The maximum absolute atomic E-state index is 13.4. The highest BCUT2D eigenvalue weighted by molar-refractivity contribution is 5.74. The van der Waals surface area contributed by atoms with Crippen molar-refractivity contribution in [2.45, 2.75) is 45.2 Å². The number of nitrogens with one attached hydrogen (secondary N) is 2. The van der Waals surface area contributed by atoms with E-state index in [9.17, 15) is 18.0 Å². The standard InChI is InChI=1S/C22H36F3N7O/c1-21(2,3)19-28-17(22(23,24)25)16-18(29-19)31-14-12-30(13-15-31)9-5-4-6-27-20(33)32-10-7-26-8-11-32/h16,26H,4-15H2,1-3H3,(H,27,33). The van der Waals surface area contributed by atoms with Crippen molar-refractivity contribution < 1.29 is 18.0 Å². The van der Waals surface area contributed by atoms with Crippen molar-refractivity contribution in [1.29, 1.82) is 0 Å². The molecule has 0 radical (unpaired) electrons. The maximum Gasteiger partial charge on any atom is 0.433 e. The third-order valence-corrected chi connectivity index (χ3v) is 5.95. The molecule has 2 N–H and O–H groups in total. The minimum absolute atomic E-state index is 0.00261. The largest absolute Gasteiger partial charge is 0.433 e. The first kappa shape index (κ1) is 25.5. The van der Waals surface area contributed by atoms with E-state index in [0.717, 1.165) is 64.7 Å². The summed E-state index contributed by atoms with van der Waals surface area (Å²) in [6, 6.07) is 1.06. The van der Waals surface area contributed by atoms with Gasteiger partial charge in [0.25, 0.3) is 0 Å². The number of carbonyl (C=O) groups is 1. The molecule has 33 heavy (non-hydrogen) atoms. The molecule has 0 aliphatic carbocycles. The van der Waals surface area contributed by atoms with E-state index < -0.39 is 17.3 Å². The molecule has 0 spiro atoms. The van der Waals surface area contributed by atoms with Gasteiger partial charge in [-0.25, -0.2) is 14.8 Å². The number of alkyl halides is 3. The quantitative estimate of drug-likeness (QED) is 0.621. The highest BCUT2D eigenvalue weighted by Gasteiger charge is 2.36. The number of rotatable bonds is 6. The fourth-order valence-corrected chi connectivity index (χ4v) is 3.91. The fraction of sp³-hybridized carbons (Fsp3) is 0.773. The summed E-state index contributed by atoms with van der Waals surface area (Å²) in [5, 5.41) is 6.21.